The van der Waals surface area contributed by atoms with E-state index in [4.69, 9.17) is 14.6 Å². The number of halogens is 1. The molecule has 0 aromatic heterocycles. The SMILES string of the molecule is CC(=O)N[C@@H](COC1OC(CO)[C@@H](F)C(O)C1O)[C@H](O)[C@@H](C)O. The Kier molecular flexibility index (Phi) is 7.74. The van der Waals surface area contributed by atoms with Crippen LogP contribution in [0.25, 0.3) is 0 Å². The summed E-state index contributed by atoms with van der Waals surface area (Å²) in [6, 6.07) is -1.02. The smallest absolute Gasteiger partial charge is 0.217 e. The van der Waals surface area contributed by atoms with Gasteiger partial charge in [0.05, 0.1) is 25.4 Å². The first kappa shape index (κ1) is 20.2. The van der Waals surface area contributed by atoms with Crippen molar-refractivity contribution in [3.05, 3.63) is 0 Å². The zero-order valence-corrected chi connectivity index (χ0v) is 12.9. The van der Waals surface area contributed by atoms with Crippen LogP contribution in [0.5, 0.6) is 0 Å². The molecule has 23 heavy (non-hydrogen) atoms. The number of ether oxygens (including phenoxy) is 2. The first-order chi connectivity index (χ1) is 10.7. The van der Waals surface area contributed by atoms with E-state index in [0.29, 0.717) is 0 Å². The van der Waals surface area contributed by atoms with E-state index in [1.54, 1.807) is 0 Å². The van der Waals surface area contributed by atoms with Crippen molar-refractivity contribution in [2.75, 3.05) is 13.2 Å². The molecule has 0 spiro atoms. The van der Waals surface area contributed by atoms with Crippen LogP contribution in [0.1, 0.15) is 13.8 Å². The molecule has 0 aromatic carbocycles. The lowest BCUT2D eigenvalue weighted by Gasteiger charge is -2.39. The van der Waals surface area contributed by atoms with Gasteiger partial charge >= 0.3 is 0 Å². The Morgan fingerprint density at radius 1 is 1.35 bits per heavy atom. The lowest BCUT2D eigenvalue weighted by molar-refractivity contribution is -0.293. The number of alkyl halides is 1. The Balaban J connectivity index is 2.69. The number of hydrogen-bond acceptors (Lipinski definition) is 8. The Morgan fingerprint density at radius 2 is 1.96 bits per heavy atom. The van der Waals surface area contributed by atoms with Crippen LogP contribution >= 0.6 is 0 Å². The molecule has 0 saturated carbocycles. The third-order valence-electron chi connectivity index (χ3n) is 3.53. The van der Waals surface area contributed by atoms with Gasteiger partial charge in [-0.05, 0) is 6.92 Å². The molecule has 8 atom stereocenters. The van der Waals surface area contributed by atoms with Gasteiger partial charge in [0.1, 0.15) is 24.4 Å². The molecular weight excluding hydrogens is 317 g/mol. The Morgan fingerprint density at radius 3 is 2.43 bits per heavy atom. The molecule has 1 fully saturated rings. The third-order valence-corrected chi connectivity index (χ3v) is 3.53. The molecule has 1 amide bonds. The second-order valence-electron chi connectivity index (χ2n) is 5.52. The van der Waals surface area contributed by atoms with Crippen LogP contribution in [0, 0.1) is 0 Å². The summed E-state index contributed by atoms with van der Waals surface area (Å²) in [6.07, 6.45) is -10.9. The van der Waals surface area contributed by atoms with Gasteiger partial charge in [0.15, 0.2) is 12.5 Å². The Labute approximate surface area is 132 Å². The number of carbonyl (C=O) groups is 1. The van der Waals surface area contributed by atoms with Crippen LogP contribution in [0.4, 0.5) is 4.39 Å². The first-order valence-corrected chi connectivity index (χ1v) is 7.20. The Bertz CT molecular complexity index is 383. The van der Waals surface area contributed by atoms with E-state index in [1.807, 2.05) is 0 Å². The monoisotopic (exact) mass is 341 g/mol. The molecule has 1 heterocycles. The molecule has 1 aliphatic rings. The predicted molar refractivity (Wildman–Crippen MR) is 73.9 cm³/mol. The van der Waals surface area contributed by atoms with E-state index in [-0.39, 0.29) is 6.61 Å². The van der Waals surface area contributed by atoms with Crippen molar-refractivity contribution in [1.82, 2.24) is 5.32 Å². The van der Waals surface area contributed by atoms with E-state index in [2.05, 4.69) is 5.32 Å². The van der Waals surface area contributed by atoms with Gasteiger partial charge in [-0.25, -0.2) is 4.39 Å². The van der Waals surface area contributed by atoms with Crippen LogP contribution in [0.3, 0.4) is 0 Å². The molecule has 0 aromatic rings. The van der Waals surface area contributed by atoms with Gasteiger partial charge in [0.2, 0.25) is 5.91 Å². The van der Waals surface area contributed by atoms with E-state index < -0.39 is 61.5 Å². The highest BCUT2D eigenvalue weighted by atomic mass is 19.1. The number of aliphatic hydroxyl groups excluding tert-OH is 5. The van der Waals surface area contributed by atoms with Crippen LogP contribution in [-0.4, -0.2) is 93.7 Å². The third kappa shape index (κ3) is 5.31. The van der Waals surface area contributed by atoms with Crippen molar-refractivity contribution in [3.8, 4) is 0 Å². The van der Waals surface area contributed by atoms with E-state index in [1.165, 1.54) is 13.8 Å². The van der Waals surface area contributed by atoms with Gasteiger partial charge in [0, 0.05) is 6.92 Å². The molecule has 136 valence electrons. The fourth-order valence-electron chi connectivity index (χ4n) is 2.20. The molecule has 1 aliphatic heterocycles. The van der Waals surface area contributed by atoms with Crippen LogP contribution in [0.2, 0.25) is 0 Å². The normalized spacial score (nSPS) is 35.4. The standard InChI is InChI=1S/C13H24FNO8/c1-5(17)10(19)7(15-6(2)18)4-22-13-12(21)11(20)9(14)8(3-16)23-13/h5,7-13,16-17,19-21H,3-4H2,1-2H3,(H,15,18)/t5-,7+,8?,9-,10-,11?,12?,13?/m1/s1. The van der Waals surface area contributed by atoms with E-state index in [0.717, 1.165) is 0 Å². The number of carbonyl (C=O) groups excluding carboxylic acids is 1. The largest absolute Gasteiger partial charge is 0.394 e. The summed E-state index contributed by atoms with van der Waals surface area (Å²) in [4.78, 5) is 11.1. The fourth-order valence-corrected chi connectivity index (χ4v) is 2.20. The number of amides is 1. The number of hydrogen-bond donors (Lipinski definition) is 6. The molecular formula is C13H24FNO8. The summed E-state index contributed by atoms with van der Waals surface area (Å²) < 4.78 is 23.8. The van der Waals surface area contributed by atoms with E-state index in [9.17, 15) is 29.6 Å². The minimum Gasteiger partial charge on any atom is -0.394 e. The number of rotatable bonds is 7. The van der Waals surface area contributed by atoms with Gasteiger partial charge in [-0.15, -0.1) is 0 Å². The summed E-state index contributed by atoms with van der Waals surface area (Å²) in [5.41, 5.74) is 0. The molecule has 0 aliphatic carbocycles. The second-order valence-corrected chi connectivity index (χ2v) is 5.52. The number of aliphatic hydroxyl groups is 5. The van der Waals surface area contributed by atoms with E-state index >= 15 is 0 Å². The maximum Gasteiger partial charge on any atom is 0.217 e. The average Bonchev–Trinajstić information content (AvgIpc) is 2.49. The molecule has 0 radical (unpaired) electrons. The van der Waals surface area contributed by atoms with Crippen molar-refractivity contribution in [2.45, 2.75) is 62.9 Å². The highest BCUT2D eigenvalue weighted by molar-refractivity contribution is 5.73. The summed E-state index contributed by atoms with van der Waals surface area (Å²) >= 11 is 0. The van der Waals surface area contributed by atoms with Gasteiger partial charge in [0.25, 0.3) is 0 Å². The average molecular weight is 341 g/mol. The van der Waals surface area contributed by atoms with Crippen LogP contribution in [-0.2, 0) is 14.3 Å². The van der Waals surface area contributed by atoms with Crippen molar-refractivity contribution in [2.24, 2.45) is 0 Å². The highest BCUT2D eigenvalue weighted by Crippen LogP contribution is 2.24. The molecule has 0 bridgehead atoms. The minimum atomic E-state index is -1.98. The quantitative estimate of drug-likeness (QED) is 0.287. The lowest BCUT2D eigenvalue weighted by atomic mass is 10.0. The summed E-state index contributed by atoms with van der Waals surface area (Å²) in [5, 5.41) is 49.9. The molecule has 6 N–H and O–H groups in total. The summed E-state index contributed by atoms with van der Waals surface area (Å²) in [5.74, 6) is -0.486. The zero-order chi connectivity index (χ0) is 17.7. The van der Waals surface area contributed by atoms with Crippen LogP contribution in [0.15, 0.2) is 0 Å². The molecule has 10 heteroatoms. The van der Waals surface area contributed by atoms with Crippen LogP contribution < -0.4 is 5.32 Å². The van der Waals surface area contributed by atoms with Gasteiger partial charge < -0.3 is 40.3 Å². The highest BCUT2D eigenvalue weighted by Gasteiger charge is 2.45. The molecule has 4 unspecified atom stereocenters. The van der Waals surface area contributed by atoms with Crippen molar-refractivity contribution < 1.29 is 44.2 Å². The van der Waals surface area contributed by atoms with Gasteiger partial charge in [-0.2, -0.15) is 0 Å². The lowest BCUT2D eigenvalue weighted by Crippen LogP contribution is -2.59. The first-order valence-electron chi connectivity index (χ1n) is 7.20. The Hall–Kier alpha value is -0.880. The summed E-state index contributed by atoms with van der Waals surface area (Å²) in [7, 11) is 0. The predicted octanol–water partition coefficient (Wildman–Crippen LogP) is -2.97. The number of nitrogens with one attached hydrogen (secondary N) is 1. The summed E-state index contributed by atoms with van der Waals surface area (Å²) in [6.45, 7) is 1.41. The van der Waals surface area contributed by atoms with Gasteiger partial charge in [-0.1, -0.05) is 0 Å². The molecule has 1 saturated heterocycles. The van der Waals surface area contributed by atoms with Gasteiger partial charge in [-0.3, -0.25) is 4.79 Å². The van der Waals surface area contributed by atoms with Crippen molar-refractivity contribution in [1.29, 1.82) is 0 Å². The minimum absolute atomic E-state index is 0.380. The zero-order valence-electron chi connectivity index (χ0n) is 12.9. The topological polar surface area (TPSA) is 149 Å². The molecule has 1 rings (SSSR count). The molecule has 9 nitrogen and oxygen atoms in total. The maximum absolute atomic E-state index is 13.6. The van der Waals surface area contributed by atoms with Crippen molar-refractivity contribution in [3.63, 3.8) is 0 Å². The second kappa shape index (κ2) is 8.83. The maximum atomic E-state index is 13.6. The fraction of sp³-hybridized carbons (Fsp3) is 0.923. The van der Waals surface area contributed by atoms with Crippen molar-refractivity contribution >= 4 is 5.91 Å².